The van der Waals surface area contributed by atoms with E-state index in [4.69, 9.17) is 14.5 Å². The van der Waals surface area contributed by atoms with Crippen LogP contribution in [0.2, 0.25) is 0 Å². The molecule has 2 aromatic carbocycles. The molecule has 0 atom stereocenters. The first-order valence-electron chi connectivity index (χ1n) is 12.3. The number of nitrogens with zero attached hydrogens (tertiary/aromatic N) is 3. The van der Waals surface area contributed by atoms with Crippen molar-refractivity contribution >= 4 is 5.69 Å². The summed E-state index contributed by atoms with van der Waals surface area (Å²) in [5.41, 5.74) is 7.95. The fourth-order valence-electron chi connectivity index (χ4n) is 4.96. The van der Waals surface area contributed by atoms with Gasteiger partial charge in [0.05, 0.1) is 25.1 Å². The van der Waals surface area contributed by atoms with Crippen molar-refractivity contribution in [1.29, 1.82) is 0 Å². The van der Waals surface area contributed by atoms with Crippen molar-refractivity contribution in [2.75, 3.05) is 27.3 Å². The molecule has 0 amide bonds. The zero-order chi connectivity index (χ0) is 25.1. The lowest BCUT2D eigenvalue weighted by molar-refractivity contribution is 0.310. The molecule has 0 aliphatic carbocycles. The number of methoxy groups -OCH3 is 1. The second-order valence-electron chi connectivity index (χ2n) is 9.13. The van der Waals surface area contributed by atoms with E-state index in [0.29, 0.717) is 37.5 Å². The van der Waals surface area contributed by atoms with Crippen LogP contribution in [0.15, 0.2) is 40.1 Å². The molecule has 0 bridgehead atoms. The zero-order valence-electron chi connectivity index (χ0n) is 21.7. The molecule has 1 aromatic heterocycles. The van der Waals surface area contributed by atoms with Crippen LogP contribution in [0, 0.1) is 20.8 Å². The van der Waals surface area contributed by atoms with Crippen LogP contribution in [0.4, 0.5) is 5.69 Å². The van der Waals surface area contributed by atoms with Crippen molar-refractivity contribution in [1.82, 2.24) is 14.5 Å². The van der Waals surface area contributed by atoms with E-state index in [1.54, 1.807) is 11.7 Å². The Labute approximate surface area is 207 Å². The molecule has 1 aliphatic heterocycles. The molecule has 0 radical (unpaired) electrons. The Hall–Kier alpha value is -3.32. The Balaban J connectivity index is 2.03. The van der Waals surface area contributed by atoms with Crippen LogP contribution in [0.1, 0.15) is 35.6 Å². The Bertz CT molecular complexity index is 1340. The number of likely N-dealkylation sites (N-methyl/N-ethyl adjacent to an activating group) is 1. The molecule has 35 heavy (non-hydrogen) atoms. The van der Waals surface area contributed by atoms with E-state index in [9.17, 15) is 4.79 Å². The van der Waals surface area contributed by atoms with Crippen molar-refractivity contribution < 1.29 is 9.47 Å². The summed E-state index contributed by atoms with van der Waals surface area (Å²) in [4.78, 5) is 18.9. The summed E-state index contributed by atoms with van der Waals surface area (Å²) in [6.45, 7) is 10.6. The predicted molar refractivity (Wildman–Crippen MR) is 140 cm³/mol. The molecule has 7 nitrogen and oxygen atoms in total. The number of fused-ring (bicyclic) bond motifs is 3. The minimum atomic E-state index is -0.0420. The molecule has 0 unspecified atom stereocenters. The molecule has 0 fully saturated rings. The number of ether oxygens (including phenoxy) is 2. The largest absolute Gasteiger partial charge is 0.493 e. The average Bonchev–Trinajstić information content (AvgIpc) is 2.99. The van der Waals surface area contributed by atoms with Gasteiger partial charge in [-0.15, -0.1) is 0 Å². The lowest BCUT2D eigenvalue weighted by Gasteiger charge is -2.18. The van der Waals surface area contributed by atoms with Gasteiger partial charge in [-0.05, 0) is 76.4 Å². The minimum Gasteiger partial charge on any atom is -0.493 e. The molecule has 0 spiro atoms. The Morgan fingerprint density at radius 3 is 2.46 bits per heavy atom. The number of benzene rings is 2. The third-order valence-corrected chi connectivity index (χ3v) is 6.54. The second-order valence-corrected chi connectivity index (χ2v) is 9.13. The van der Waals surface area contributed by atoms with E-state index in [1.165, 1.54) is 5.56 Å². The summed E-state index contributed by atoms with van der Waals surface area (Å²) in [6.07, 6.45) is 1.73. The fourth-order valence-corrected chi connectivity index (χ4v) is 4.96. The average molecular weight is 477 g/mol. The molecule has 1 aliphatic rings. The van der Waals surface area contributed by atoms with Crippen LogP contribution in [-0.4, -0.2) is 36.4 Å². The first-order valence-corrected chi connectivity index (χ1v) is 12.3. The number of aromatic nitrogens is 2. The van der Waals surface area contributed by atoms with Gasteiger partial charge in [-0.2, -0.15) is 0 Å². The van der Waals surface area contributed by atoms with Gasteiger partial charge < -0.3 is 14.8 Å². The van der Waals surface area contributed by atoms with Crippen LogP contribution in [0.25, 0.3) is 11.3 Å². The molecular formula is C28H36N4O3. The van der Waals surface area contributed by atoms with Gasteiger partial charge >= 0.3 is 5.69 Å². The third kappa shape index (κ3) is 4.91. The maximum Gasteiger partial charge on any atom is 0.330 e. The maximum absolute atomic E-state index is 13.8. The van der Waals surface area contributed by atoms with E-state index in [0.717, 1.165) is 52.2 Å². The lowest BCUT2D eigenvalue weighted by Crippen LogP contribution is -2.42. The monoisotopic (exact) mass is 476 g/mol. The maximum atomic E-state index is 13.8. The summed E-state index contributed by atoms with van der Waals surface area (Å²) in [5, 5.41) is 3.16. The van der Waals surface area contributed by atoms with Crippen molar-refractivity contribution in [2.45, 2.75) is 53.6 Å². The number of hydrogen-bond donors (Lipinski definition) is 1. The minimum absolute atomic E-state index is 0.0420. The van der Waals surface area contributed by atoms with E-state index in [1.807, 2.05) is 24.6 Å². The molecule has 1 N–H and O–H groups in total. The Kier molecular flexibility index (Phi) is 7.45. The SMILES string of the molecule is CCOc1cc2c(cc1OC)-c1c/c(=N\c3c(C)cc(C)cc3C)n(CCNC)c(=O)n1CCC2. The third-order valence-electron chi connectivity index (χ3n) is 6.54. The van der Waals surface area contributed by atoms with Crippen LogP contribution in [0.3, 0.4) is 0 Å². The highest BCUT2D eigenvalue weighted by Gasteiger charge is 2.21. The van der Waals surface area contributed by atoms with Gasteiger partial charge in [-0.1, -0.05) is 17.7 Å². The summed E-state index contributed by atoms with van der Waals surface area (Å²) < 4.78 is 15.1. The summed E-state index contributed by atoms with van der Waals surface area (Å²) in [6, 6.07) is 10.4. The molecule has 7 heteroatoms. The topological polar surface area (TPSA) is 69.8 Å². The van der Waals surface area contributed by atoms with Crippen molar-refractivity contribution in [3.8, 4) is 22.8 Å². The van der Waals surface area contributed by atoms with E-state index < -0.39 is 0 Å². The summed E-state index contributed by atoms with van der Waals surface area (Å²) in [5.74, 6) is 1.41. The van der Waals surface area contributed by atoms with Crippen LogP contribution in [0.5, 0.6) is 11.5 Å². The van der Waals surface area contributed by atoms with Gasteiger partial charge in [0.2, 0.25) is 0 Å². The molecule has 0 saturated carbocycles. The summed E-state index contributed by atoms with van der Waals surface area (Å²) >= 11 is 0. The quantitative estimate of drug-likeness (QED) is 0.559. The molecule has 2 heterocycles. The molecule has 0 saturated heterocycles. The zero-order valence-corrected chi connectivity index (χ0v) is 21.7. The standard InChI is InChI=1S/C28H36N4O3/c1-7-35-25-15-21-9-8-11-31-23(22(21)16-24(25)34-6)17-26(32(28(31)33)12-10-29-5)30-27-19(3)13-18(2)14-20(27)4/h13-17,29H,7-12H2,1-6H3/b30-26+. The highest BCUT2D eigenvalue weighted by Crippen LogP contribution is 2.37. The number of rotatable bonds is 7. The normalized spacial score (nSPS) is 13.3. The molecule has 186 valence electrons. The Morgan fingerprint density at radius 1 is 1.06 bits per heavy atom. The smallest absolute Gasteiger partial charge is 0.330 e. The van der Waals surface area contributed by atoms with Crippen molar-refractivity contribution in [2.24, 2.45) is 4.99 Å². The fraction of sp³-hybridized carbons (Fsp3) is 0.429. The van der Waals surface area contributed by atoms with Gasteiger partial charge in [0.1, 0.15) is 5.49 Å². The van der Waals surface area contributed by atoms with Crippen LogP contribution >= 0.6 is 0 Å². The second kappa shape index (κ2) is 10.5. The van der Waals surface area contributed by atoms with Gasteiger partial charge in [0.25, 0.3) is 0 Å². The number of aryl methyl sites for hydroxylation is 4. The number of hydrogen-bond acceptors (Lipinski definition) is 5. The van der Waals surface area contributed by atoms with E-state index in [-0.39, 0.29) is 5.69 Å². The van der Waals surface area contributed by atoms with Crippen LogP contribution in [-0.2, 0) is 19.5 Å². The first-order chi connectivity index (χ1) is 16.9. The molecule has 4 rings (SSSR count). The van der Waals surface area contributed by atoms with Crippen LogP contribution < -0.4 is 26.0 Å². The predicted octanol–water partition coefficient (Wildman–Crippen LogP) is 4.05. The van der Waals surface area contributed by atoms with Crippen molar-refractivity contribution in [3.05, 3.63) is 68.6 Å². The first kappa shape index (κ1) is 24.8. The van der Waals surface area contributed by atoms with Crippen molar-refractivity contribution in [3.63, 3.8) is 0 Å². The van der Waals surface area contributed by atoms with E-state index >= 15 is 0 Å². The van der Waals surface area contributed by atoms with Gasteiger partial charge in [-0.3, -0.25) is 9.13 Å². The molecular weight excluding hydrogens is 440 g/mol. The van der Waals surface area contributed by atoms with Gasteiger partial charge in [-0.25, -0.2) is 9.79 Å². The lowest BCUT2D eigenvalue weighted by atomic mass is 10.0. The van der Waals surface area contributed by atoms with Gasteiger partial charge in [0, 0.05) is 31.3 Å². The molecule has 3 aromatic rings. The van der Waals surface area contributed by atoms with Gasteiger partial charge in [0.15, 0.2) is 11.5 Å². The Morgan fingerprint density at radius 2 is 1.80 bits per heavy atom. The highest BCUT2D eigenvalue weighted by molar-refractivity contribution is 5.69. The highest BCUT2D eigenvalue weighted by atomic mass is 16.5. The summed E-state index contributed by atoms with van der Waals surface area (Å²) in [7, 11) is 3.54. The van der Waals surface area contributed by atoms with E-state index in [2.05, 4.69) is 50.4 Å². The number of nitrogens with one attached hydrogen (secondary N) is 1.